The van der Waals surface area contributed by atoms with Crippen LogP contribution in [0.4, 0.5) is 0 Å². The van der Waals surface area contributed by atoms with E-state index in [1.165, 1.54) is 0 Å². The molecular weight excluding hydrogens is 349 g/mol. The van der Waals surface area contributed by atoms with Gasteiger partial charge in [0.1, 0.15) is 17.4 Å². The van der Waals surface area contributed by atoms with E-state index < -0.39 is 0 Å². The van der Waals surface area contributed by atoms with Gasteiger partial charge in [0.15, 0.2) is 5.65 Å². The standard InChI is InChI=1S/C17H15Cl2N3O2/c18-11-3-5-15(13(19)10-11)24-9-7-12(23)4-6-16-21-14-2-1-8-20-17(14)22-16/h1-3,5,8,10H,4,6-7,9H2,(H,20,21,22). The maximum Gasteiger partial charge on any atom is 0.177 e. The van der Waals surface area contributed by atoms with Crippen molar-refractivity contribution in [3.8, 4) is 5.75 Å². The minimum atomic E-state index is 0.105. The van der Waals surface area contributed by atoms with Gasteiger partial charge >= 0.3 is 0 Å². The number of carbonyl (C=O) groups is 1. The van der Waals surface area contributed by atoms with E-state index in [-0.39, 0.29) is 12.4 Å². The van der Waals surface area contributed by atoms with Crippen LogP contribution >= 0.6 is 23.2 Å². The largest absolute Gasteiger partial charge is 0.492 e. The van der Waals surface area contributed by atoms with Gasteiger partial charge in [-0.05, 0) is 30.3 Å². The Morgan fingerprint density at radius 1 is 1.21 bits per heavy atom. The molecule has 0 saturated carbocycles. The second-order valence-corrected chi connectivity index (χ2v) is 6.11. The van der Waals surface area contributed by atoms with Gasteiger partial charge in [-0.2, -0.15) is 0 Å². The number of carbonyl (C=O) groups excluding carboxylic acids is 1. The Bertz CT molecular complexity index is 831. The van der Waals surface area contributed by atoms with Gasteiger partial charge in [-0.15, -0.1) is 0 Å². The van der Waals surface area contributed by atoms with Crippen molar-refractivity contribution in [2.45, 2.75) is 19.3 Å². The summed E-state index contributed by atoms with van der Waals surface area (Å²) in [5.74, 6) is 1.39. The van der Waals surface area contributed by atoms with Crippen molar-refractivity contribution < 1.29 is 9.53 Å². The van der Waals surface area contributed by atoms with Crippen LogP contribution in [-0.4, -0.2) is 27.3 Å². The molecule has 0 unspecified atom stereocenters. The summed E-state index contributed by atoms with van der Waals surface area (Å²) in [7, 11) is 0. The highest BCUT2D eigenvalue weighted by Gasteiger charge is 2.08. The first-order chi connectivity index (χ1) is 11.6. The summed E-state index contributed by atoms with van der Waals surface area (Å²) < 4.78 is 5.52. The molecule has 0 spiro atoms. The maximum atomic E-state index is 12.0. The quantitative estimate of drug-likeness (QED) is 0.681. The first-order valence-corrected chi connectivity index (χ1v) is 8.26. The van der Waals surface area contributed by atoms with Crippen molar-refractivity contribution in [1.29, 1.82) is 0 Å². The summed E-state index contributed by atoms with van der Waals surface area (Å²) in [6.07, 6.45) is 2.96. The molecule has 0 saturated heterocycles. The molecule has 0 fully saturated rings. The molecule has 0 amide bonds. The van der Waals surface area contributed by atoms with Crippen molar-refractivity contribution >= 4 is 40.1 Å². The van der Waals surface area contributed by atoms with Crippen LogP contribution < -0.4 is 4.74 Å². The molecule has 0 aliphatic heterocycles. The monoisotopic (exact) mass is 363 g/mol. The molecule has 1 aromatic carbocycles. The maximum absolute atomic E-state index is 12.0. The number of halogens is 2. The summed E-state index contributed by atoms with van der Waals surface area (Å²) in [5.41, 5.74) is 1.54. The number of imidazole rings is 1. The van der Waals surface area contributed by atoms with Crippen LogP contribution in [0.15, 0.2) is 36.5 Å². The predicted molar refractivity (Wildman–Crippen MR) is 93.8 cm³/mol. The van der Waals surface area contributed by atoms with Gasteiger partial charge in [0, 0.05) is 30.5 Å². The molecule has 0 radical (unpaired) electrons. The first kappa shape index (κ1) is 16.7. The molecule has 2 aromatic heterocycles. The summed E-state index contributed by atoms with van der Waals surface area (Å²) in [4.78, 5) is 23.6. The number of H-pyrrole nitrogens is 1. The van der Waals surface area contributed by atoms with Crippen molar-refractivity contribution in [2.24, 2.45) is 0 Å². The average molecular weight is 364 g/mol. The molecule has 1 N–H and O–H groups in total. The topological polar surface area (TPSA) is 67.9 Å². The Morgan fingerprint density at radius 3 is 2.88 bits per heavy atom. The van der Waals surface area contributed by atoms with Crippen LogP contribution in [0.25, 0.3) is 11.2 Å². The number of fused-ring (bicyclic) bond motifs is 1. The van der Waals surface area contributed by atoms with E-state index in [9.17, 15) is 4.79 Å². The van der Waals surface area contributed by atoms with E-state index in [0.717, 1.165) is 11.3 Å². The molecule has 0 aliphatic carbocycles. The van der Waals surface area contributed by atoms with E-state index in [0.29, 0.717) is 40.7 Å². The fraction of sp³-hybridized carbons (Fsp3) is 0.235. The lowest BCUT2D eigenvalue weighted by atomic mass is 10.2. The number of aromatic amines is 1. The molecule has 5 nitrogen and oxygen atoms in total. The van der Waals surface area contributed by atoms with Crippen molar-refractivity contribution in [3.05, 3.63) is 52.4 Å². The number of nitrogens with one attached hydrogen (secondary N) is 1. The Labute approximate surface area is 149 Å². The molecule has 0 atom stereocenters. The molecule has 124 valence electrons. The number of aromatic nitrogens is 3. The molecular formula is C17H15Cl2N3O2. The SMILES string of the molecule is O=C(CCOc1ccc(Cl)cc1Cl)CCc1nc2ncccc2[nH]1. The van der Waals surface area contributed by atoms with Crippen LogP contribution in [0.1, 0.15) is 18.7 Å². The second kappa shape index (κ2) is 7.64. The van der Waals surface area contributed by atoms with Gasteiger partial charge in [-0.25, -0.2) is 9.97 Å². The third-order valence-corrected chi connectivity index (χ3v) is 4.01. The van der Waals surface area contributed by atoms with Crippen molar-refractivity contribution in [1.82, 2.24) is 15.0 Å². The Balaban J connectivity index is 1.45. The molecule has 0 aliphatic rings. The Kier molecular flexibility index (Phi) is 5.33. The van der Waals surface area contributed by atoms with Gasteiger partial charge in [-0.1, -0.05) is 23.2 Å². The van der Waals surface area contributed by atoms with Gasteiger partial charge in [0.25, 0.3) is 0 Å². The van der Waals surface area contributed by atoms with E-state index in [4.69, 9.17) is 27.9 Å². The lowest BCUT2D eigenvalue weighted by Crippen LogP contribution is -2.08. The number of hydrogen-bond acceptors (Lipinski definition) is 4. The second-order valence-electron chi connectivity index (χ2n) is 5.27. The Hall–Kier alpha value is -2.11. The first-order valence-electron chi connectivity index (χ1n) is 7.51. The molecule has 24 heavy (non-hydrogen) atoms. The summed E-state index contributed by atoms with van der Waals surface area (Å²) >= 11 is 11.8. The van der Waals surface area contributed by atoms with E-state index >= 15 is 0 Å². The van der Waals surface area contributed by atoms with Crippen LogP contribution in [-0.2, 0) is 11.2 Å². The van der Waals surface area contributed by atoms with Crippen LogP contribution in [0.2, 0.25) is 10.0 Å². The highest BCUT2D eigenvalue weighted by atomic mass is 35.5. The van der Waals surface area contributed by atoms with Gasteiger partial charge in [-0.3, -0.25) is 4.79 Å². The number of rotatable bonds is 7. The van der Waals surface area contributed by atoms with E-state index in [2.05, 4.69) is 15.0 Å². The Morgan fingerprint density at radius 2 is 2.08 bits per heavy atom. The molecule has 2 heterocycles. The summed E-state index contributed by atoms with van der Waals surface area (Å²) in [5, 5.41) is 0.980. The molecule has 0 bridgehead atoms. The van der Waals surface area contributed by atoms with Crippen molar-refractivity contribution in [3.63, 3.8) is 0 Å². The number of ether oxygens (including phenoxy) is 1. The predicted octanol–water partition coefficient (Wildman–Crippen LogP) is 4.24. The molecule has 3 aromatic rings. The average Bonchev–Trinajstić information content (AvgIpc) is 2.98. The van der Waals surface area contributed by atoms with Crippen LogP contribution in [0.5, 0.6) is 5.75 Å². The number of ketones is 1. The zero-order valence-electron chi connectivity index (χ0n) is 12.8. The van der Waals surface area contributed by atoms with Gasteiger partial charge < -0.3 is 9.72 Å². The lowest BCUT2D eigenvalue weighted by molar-refractivity contribution is -0.119. The third-order valence-electron chi connectivity index (χ3n) is 3.48. The number of aryl methyl sites for hydroxylation is 1. The molecule has 7 heteroatoms. The zero-order valence-corrected chi connectivity index (χ0v) is 14.3. The fourth-order valence-electron chi connectivity index (χ4n) is 2.26. The highest BCUT2D eigenvalue weighted by molar-refractivity contribution is 6.35. The van der Waals surface area contributed by atoms with Crippen molar-refractivity contribution in [2.75, 3.05) is 6.61 Å². The minimum absolute atomic E-state index is 0.105. The number of benzene rings is 1. The normalized spacial score (nSPS) is 10.9. The van der Waals surface area contributed by atoms with E-state index in [1.807, 2.05) is 12.1 Å². The van der Waals surface area contributed by atoms with Crippen LogP contribution in [0, 0.1) is 0 Å². The number of Topliss-reactive ketones (excluding diaryl/α,β-unsaturated/α-hetero) is 1. The highest BCUT2D eigenvalue weighted by Crippen LogP contribution is 2.27. The summed E-state index contributed by atoms with van der Waals surface area (Å²) in [6.45, 7) is 0.280. The zero-order chi connectivity index (χ0) is 16.9. The minimum Gasteiger partial charge on any atom is -0.492 e. The fourth-order valence-corrected chi connectivity index (χ4v) is 2.73. The molecule has 3 rings (SSSR count). The van der Waals surface area contributed by atoms with Gasteiger partial charge in [0.2, 0.25) is 0 Å². The smallest absolute Gasteiger partial charge is 0.177 e. The van der Waals surface area contributed by atoms with Crippen LogP contribution in [0.3, 0.4) is 0 Å². The summed E-state index contributed by atoms with van der Waals surface area (Å²) in [6, 6.07) is 8.74. The number of pyridine rings is 1. The lowest BCUT2D eigenvalue weighted by Gasteiger charge is -2.07. The van der Waals surface area contributed by atoms with E-state index in [1.54, 1.807) is 24.4 Å². The number of nitrogens with zero attached hydrogens (tertiary/aromatic N) is 2. The third kappa shape index (κ3) is 4.24. The van der Waals surface area contributed by atoms with Gasteiger partial charge in [0.05, 0.1) is 17.1 Å². The number of hydrogen-bond donors (Lipinski definition) is 1.